The molecular formula is C42H44F2N4O. The Balaban J connectivity index is 1.46. The third-order valence-electron chi connectivity index (χ3n) is 9.16. The van der Waals surface area contributed by atoms with Crippen LogP contribution in [0.5, 0.6) is 0 Å². The molecule has 252 valence electrons. The molecule has 0 spiro atoms. The standard InChI is InChI=1S/C42H44F2N4O/c1-29(46-22-21-31-11-6-5-7-12-31)40(26-33-18-20-38(43)39(44)25-33)48(4)42(49)41(27-32-17-19-35-14-8-9-15-37(35)23-32)47(3)30(2)36-16-10-13-34(24-36)28-45/h5-20,23-25,40-41,46H,1-2,21-22,26-28,45H2,3-4H3/t40?,41-/m1/s1. The van der Waals surface area contributed by atoms with Gasteiger partial charge in [0.05, 0.1) is 6.04 Å². The molecule has 0 heterocycles. The number of likely N-dealkylation sites (N-methyl/N-ethyl adjacent to an activating group) is 2. The lowest BCUT2D eigenvalue weighted by molar-refractivity contribution is -0.135. The first-order valence-electron chi connectivity index (χ1n) is 16.5. The number of nitrogens with zero attached hydrogens (tertiary/aromatic N) is 2. The van der Waals surface area contributed by atoms with Crippen molar-refractivity contribution in [2.75, 3.05) is 20.6 Å². The minimum absolute atomic E-state index is 0.162. The molecular weight excluding hydrogens is 614 g/mol. The minimum atomic E-state index is -0.933. The number of hydrogen-bond donors (Lipinski definition) is 2. The topological polar surface area (TPSA) is 61.6 Å². The molecule has 0 aliphatic carbocycles. The van der Waals surface area contributed by atoms with E-state index < -0.39 is 23.7 Å². The number of fused-ring (bicyclic) bond motifs is 1. The van der Waals surface area contributed by atoms with Gasteiger partial charge in [-0.25, -0.2) is 8.78 Å². The molecule has 5 aromatic carbocycles. The van der Waals surface area contributed by atoms with Crippen molar-refractivity contribution in [1.29, 1.82) is 0 Å². The highest BCUT2D eigenvalue weighted by Gasteiger charge is 2.32. The molecule has 1 unspecified atom stereocenters. The number of nitrogens with two attached hydrogens (primary N) is 1. The molecule has 5 aromatic rings. The third-order valence-corrected chi connectivity index (χ3v) is 9.16. The molecule has 49 heavy (non-hydrogen) atoms. The molecule has 0 saturated carbocycles. The van der Waals surface area contributed by atoms with Gasteiger partial charge in [-0.05, 0) is 69.6 Å². The Morgan fingerprint density at radius 2 is 1.35 bits per heavy atom. The third kappa shape index (κ3) is 8.80. The smallest absolute Gasteiger partial charge is 0.245 e. The molecule has 5 rings (SSSR count). The lowest BCUT2D eigenvalue weighted by Crippen LogP contribution is -2.52. The number of amides is 1. The summed E-state index contributed by atoms with van der Waals surface area (Å²) in [5.41, 5.74) is 11.8. The van der Waals surface area contributed by atoms with Crippen LogP contribution in [-0.4, -0.2) is 48.4 Å². The second-order valence-electron chi connectivity index (χ2n) is 12.5. The summed E-state index contributed by atoms with van der Waals surface area (Å²) in [6, 6.07) is 34.9. The number of nitrogens with one attached hydrogen (secondary N) is 1. The van der Waals surface area contributed by atoms with Gasteiger partial charge in [-0.2, -0.15) is 0 Å². The molecule has 0 bridgehead atoms. The van der Waals surface area contributed by atoms with Crippen molar-refractivity contribution in [2.24, 2.45) is 5.73 Å². The highest BCUT2D eigenvalue weighted by atomic mass is 19.2. The Bertz CT molecular complexity index is 1930. The van der Waals surface area contributed by atoms with E-state index in [-0.39, 0.29) is 12.3 Å². The maximum absolute atomic E-state index is 14.8. The summed E-state index contributed by atoms with van der Waals surface area (Å²) in [5.74, 6) is -2.01. The summed E-state index contributed by atoms with van der Waals surface area (Å²) >= 11 is 0. The van der Waals surface area contributed by atoms with Crippen molar-refractivity contribution in [3.63, 3.8) is 0 Å². The van der Waals surface area contributed by atoms with E-state index in [0.717, 1.165) is 39.9 Å². The van der Waals surface area contributed by atoms with Crippen LogP contribution in [0.3, 0.4) is 0 Å². The molecule has 1 amide bonds. The van der Waals surface area contributed by atoms with Crippen LogP contribution < -0.4 is 11.1 Å². The van der Waals surface area contributed by atoms with Crippen molar-refractivity contribution in [3.8, 4) is 0 Å². The lowest BCUT2D eigenvalue weighted by Gasteiger charge is -2.37. The Labute approximate surface area is 288 Å². The predicted octanol–water partition coefficient (Wildman–Crippen LogP) is 7.51. The maximum atomic E-state index is 14.8. The predicted molar refractivity (Wildman–Crippen MR) is 196 cm³/mol. The molecule has 0 saturated heterocycles. The number of rotatable bonds is 15. The summed E-state index contributed by atoms with van der Waals surface area (Å²) in [5, 5.41) is 5.62. The van der Waals surface area contributed by atoms with E-state index in [1.54, 1.807) is 18.0 Å². The Morgan fingerprint density at radius 1 is 0.694 bits per heavy atom. The fourth-order valence-electron chi connectivity index (χ4n) is 6.15. The van der Waals surface area contributed by atoms with Gasteiger partial charge in [-0.3, -0.25) is 4.79 Å². The second kappa shape index (κ2) is 16.2. The first-order valence-corrected chi connectivity index (χ1v) is 16.5. The summed E-state index contributed by atoms with van der Waals surface area (Å²) in [6.45, 7) is 9.71. The van der Waals surface area contributed by atoms with E-state index in [2.05, 4.69) is 60.9 Å². The summed E-state index contributed by atoms with van der Waals surface area (Å²) in [7, 11) is 3.63. The number of carbonyl (C=O) groups excluding carboxylic acids is 1. The van der Waals surface area contributed by atoms with Gasteiger partial charge in [0, 0.05) is 45.0 Å². The number of benzene rings is 5. The molecule has 7 heteroatoms. The van der Waals surface area contributed by atoms with E-state index in [0.29, 0.717) is 36.5 Å². The zero-order valence-corrected chi connectivity index (χ0v) is 28.2. The number of halogens is 2. The van der Waals surface area contributed by atoms with Gasteiger partial charge in [0.25, 0.3) is 0 Å². The van der Waals surface area contributed by atoms with Crippen molar-refractivity contribution < 1.29 is 13.6 Å². The van der Waals surface area contributed by atoms with Crippen LogP contribution in [0.1, 0.15) is 27.8 Å². The number of hydrogen-bond acceptors (Lipinski definition) is 4. The zero-order chi connectivity index (χ0) is 34.9. The van der Waals surface area contributed by atoms with Gasteiger partial charge >= 0.3 is 0 Å². The highest BCUT2D eigenvalue weighted by Crippen LogP contribution is 2.26. The molecule has 3 N–H and O–H groups in total. The van der Waals surface area contributed by atoms with Crippen molar-refractivity contribution in [2.45, 2.75) is 37.9 Å². The fraction of sp³-hybridized carbons (Fsp3) is 0.214. The normalized spacial score (nSPS) is 12.3. The molecule has 0 fully saturated rings. The van der Waals surface area contributed by atoms with E-state index in [1.165, 1.54) is 11.6 Å². The van der Waals surface area contributed by atoms with Crippen LogP contribution in [0.15, 0.2) is 134 Å². The summed E-state index contributed by atoms with van der Waals surface area (Å²) in [4.78, 5) is 18.4. The van der Waals surface area contributed by atoms with Gasteiger partial charge in [0.15, 0.2) is 11.6 Å². The van der Waals surface area contributed by atoms with Gasteiger partial charge < -0.3 is 20.9 Å². The molecule has 0 aliphatic rings. The highest BCUT2D eigenvalue weighted by molar-refractivity contribution is 5.86. The average Bonchev–Trinajstić information content (AvgIpc) is 3.13. The Morgan fingerprint density at radius 3 is 2.08 bits per heavy atom. The van der Waals surface area contributed by atoms with Crippen LogP contribution >= 0.6 is 0 Å². The Hall–Kier alpha value is -5.27. The van der Waals surface area contributed by atoms with Crippen molar-refractivity contribution in [3.05, 3.63) is 174 Å². The maximum Gasteiger partial charge on any atom is 0.245 e. The average molecular weight is 659 g/mol. The molecule has 0 aromatic heterocycles. The van der Waals surface area contributed by atoms with Crippen LogP contribution in [-0.2, 0) is 30.6 Å². The van der Waals surface area contributed by atoms with Gasteiger partial charge in [0.2, 0.25) is 5.91 Å². The SMILES string of the molecule is C=C(NCCc1ccccc1)C(Cc1ccc(F)c(F)c1)N(C)C(=O)[C@@H](Cc1ccc2ccccc2c1)N(C)C(=C)c1cccc(CN)c1. The number of carbonyl (C=O) groups is 1. The van der Waals surface area contributed by atoms with Crippen molar-refractivity contribution >= 4 is 22.4 Å². The van der Waals surface area contributed by atoms with Gasteiger partial charge in [0.1, 0.15) is 6.04 Å². The quantitative estimate of drug-likeness (QED) is 0.122. The Kier molecular flexibility index (Phi) is 11.6. The lowest BCUT2D eigenvalue weighted by atomic mass is 9.97. The van der Waals surface area contributed by atoms with E-state index >= 15 is 0 Å². The summed E-state index contributed by atoms with van der Waals surface area (Å²) in [6.07, 6.45) is 1.40. The van der Waals surface area contributed by atoms with E-state index in [1.807, 2.05) is 66.5 Å². The molecule has 0 radical (unpaired) electrons. The zero-order valence-electron chi connectivity index (χ0n) is 28.2. The van der Waals surface area contributed by atoms with Crippen molar-refractivity contribution in [1.82, 2.24) is 15.1 Å². The molecule has 5 nitrogen and oxygen atoms in total. The van der Waals surface area contributed by atoms with Crippen LogP contribution in [0, 0.1) is 11.6 Å². The second-order valence-corrected chi connectivity index (χ2v) is 12.5. The van der Waals surface area contributed by atoms with Crippen LogP contribution in [0.4, 0.5) is 8.78 Å². The van der Waals surface area contributed by atoms with Crippen LogP contribution in [0.2, 0.25) is 0 Å². The van der Waals surface area contributed by atoms with E-state index in [4.69, 9.17) is 5.73 Å². The first kappa shape index (κ1) is 35.0. The first-order chi connectivity index (χ1) is 23.6. The van der Waals surface area contributed by atoms with Gasteiger partial charge in [-0.15, -0.1) is 0 Å². The van der Waals surface area contributed by atoms with E-state index in [9.17, 15) is 13.6 Å². The van der Waals surface area contributed by atoms with Crippen LogP contribution in [0.25, 0.3) is 16.5 Å². The molecule has 0 aliphatic heterocycles. The monoisotopic (exact) mass is 658 g/mol. The molecule has 2 atom stereocenters. The fourth-order valence-corrected chi connectivity index (χ4v) is 6.15. The minimum Gasteiger partial charge on any atom is -0.387 e. The van der Waals surface area contributed by atoms with Gasteiger partial charge in [-0.1, -0.05) is 110 Å². The summed E-state index contributed by atoms with van der Waals surface area (Å²) < 4.78 is 28.2. The largest absolute Gasteiger partial charge is 0.387 e.